The van der Waals surface area contributed by atoms with Crippen molar-refractivity contribution in [2.24, 2.45) is 11.7 Å². The minimum atomic E-state index is 0.376. The van der Waals surface area contributed by atoms with E-state index in [1.165, 1.54) is 23.4 Å². The molecule has 0 spiro atoms. The number of rotatable bonds is 4. The fourth-order valence-electron chi connectivity index (χ4n) is 3.06. The van der Waals surface area contributed by atoms with Crippen molar-refractivity contribution in [3.8, 4) is 0 Å². The Morgan fingerprint density at radius 3 is 2.44 bits per heavy atom. The maximum Gasteiger partial charge on any atom is 0.0473 e. The highest BCUT2D eigenvalue weighted by molar-refractivity contribution is 7.98. The highest BCUT2D eigenvalue weighted by Gasteiger charge is 2.31. The van der Waals surface area contributed by atoms with E-state index in [1.807, 2.05) is 0 Å². The van der Waals surface area contributed by atoms with Crippen LogP contribution in [0, 0.1) is 5.92 Å². The minimum absolute atomic E-state index is 0.376. The first-order chi connectivity index (χ1) is 8.65. The molecular formula is C15H24N2S. The fourth-order valence-corrected chi connectivity index (χ4v) is 3.46. The topological polar surface area (TPSA) is 29.3 Å². The number of hydrogen-bond donors (Lipinski definition) is 1. The van der Waals surface area contributed by atoms with Gasteiger partial charge in [0, 0.05) is 30.1 Å². The van der Waals surface area contributed by atoms with Gasteiger partial charge in [-0.05, 0) is 43.2 Å². The number of thioether (sulfide) groups is 1. The summed E-state index contributed by atoms with van der Waals surface area (Å²) in [5, 5.41) is 0. The minimum Gasteiger partial charge on any atom is -0.329 e. The monoisotopic (exact) mass is 264 g/mol. The highest BCUT2D eigenvalue weighted by atomic mass is 32.2. The average Bonchev–Trinajstić information content (AvgIpc) is 2.70. The summed E-state index contributed by atoms with van der Waals surface area (Å²) in [6.07, 6.45) is 3.40. The summed E-state index contributed by atoms with van der Waals surface area (Å²) in [5.41, 5.74) is 7.37. The molecule has 1 fully saturated rings. The first-order valence-electron chi connectivity index (χ1n) is 6.75. The van der Waals surface area contributed by atoms with Crippen LogP contribution >= 0.6 is 11.8 Å². The third-order valence-corrected chi connectivity index (χ3v) is 4.70. The zero-order chi connectivity index (χ0) is 13.1. The highest BCUT2D eigenvalue weighted by Crippen LogP contribution is 2.32. The molecule has 3 atom stereocenters. The Kier molecular flexibility index (Phi) is 4.71. The predicted octanol–water partition coefficient (Wildman–Crippen LogP) is 3.14. The van der Waals surface area contributed by atoms with Crippen LogP contribution in [0.3, 0.4) is 0 Å². The van der Waals surface area contributed by atoms with Gasteiger partial charge in [-0.3, -0.25) is 4.90 Å². The standard InChI is InChI=1S/C15H24N2S/c1-11-8-12(2)17(10-11)15(9-16)13-4-6-14(18-3)7-5-13/h4-7,11-12,15H,8-10,16H2,1-3H3. The molecule has 0 aromatic heterocycles. The Balaban J connectivity index is 2.16. The van der Waals surface area contributed by atoms with E-state index in [4.69, 9.17) is 5.73 Å². The lowest BCUT2D eigenvalue weighted by Crippen LogP contribution is -2.36. The van der Waals surface area contributed by atoms with Crippen molar-refractivity contribution < 1.29 is 0 Å². The number of nitrogens with two attached hydrogens (primary N) is 1. The molecule has 2 nitrogen and oxygen atoms in total. The number of benzene rings is 1. The maximum absolute atomic E-state index is 6.02. The van der Waals surface area contributed by atoms with Crippen LogP contribution in [0.5, 0.6) is 0 Å². The van der Waals surface area contributed by atoms with E-state index in [1.54, 1.807) is 11.8 Å². The fraction of sp³-hybridized carbons (Fsp3) is 0.600. The van der Waals surface area contributed by atoms with Crippen LogP contribution in [-0.4, -0.2) is 30.3 Å². The van der Waals surface area contributed by atoms with Gasteiger partial charge in [0.2, 0.25) is 0 Å². The number of hydrogen-bond acceptors (Lipinski definition) is 3. The molecule has 3 unspecified atom stereocenters. The van der Waals surface area contributed by atoms with E-state index in [0.717, 1.165) is 5.92 Å². The van der Waals surface area contributed by atoms with Crippen molar-refractivity contribution >= 4 is 11.8 Å². The van der Waals surface area contributed by atoms with Crippen LogP contribution in [0.2, 0.25) is 0 Å². The molecule has 1 aliphatic rings. The SMILES string of the molecule is CSc1ccc(C(CN)N2CC(C)CC2C)cc1. The zero-order valence-electron chi connectivity index (χ0n) is 11.6. The van der Waals surface area contributed by atoms with Gasteiger partial charge >= 0.3 is 0 Å². The zero-order valence-corrected chi connectivity index (χ0v) is 12.4. The molecule has 2 N–H and O–H groups in total. The summed E-state index contributed by atoms with van der Waals surface area (Å²) in [5.74, 6) is 0.791. The second-order valence-corrected chi connectivity index (χ2v) is 6.29. The summed E-state index contributed by atoms with van der Waals surface area (Å²) in [6, 6.07) is 9.90. The van der Waals surface area contributed by atoms with Gasteiger partial charge < -0.3 is 5.73 Å². The van der Waals surface area contributed by atoms with E-state index in [2.05, 4.69) is 49.3 Å². The largest absolute Gasteiger partial charge is 0.329 e. The van der Waals surface area contributed by atoms with Gasteiger partial charge in [0.15, 0.2) is 0 Å². The molecule has 1 aliphatic heterocycles. The van der Waals surface area contributed by atoms with Crippen molar-refractivity contribution in [2.75, 3.05) is 19.3 Å². The van der Waals surface area contributed by atoms with Gasteiger partial charge in [-0.15, -0.1) is 11.8 Å². The van der Waals surface area contributed by atoms with Gasteiger partial charge in [0.1, 0.15) is 0 Å². The van der Waals surface area contributed by atoms with Gasteiger partial charge in [-0.1, -0.05) is 19.1 Å². The predicted molar refractivity (Wildman–Crippen MR) is 80.0 cm³/mol. The Morgan fingerprint density at radius 2 is 2.00 bits per heavy atom. The van der Waals surface area contributed by atoms with Crippen molar-refractivity contribution in [1.82, 2.24) is 4.90 Å². The van der Waals surface area contributed by atoms with Crippen molar-refractivity contribution in [1.29, 1.82) is 0 Å². The first-order valence-corrected chi connectivity index (χ1v) is 7.98. The molecule has 2 rings (SSSR count). The Labute approximate surface area is 115 Å². The van der Waals surface area contributed by atoms with Crippen molar-refractivity contribution in [3.05, 3.63) is 29.8 Å². The van der Waals surface area contributed by atoms with E-state index in [9.17, 15) is 0 Å². The van der Waals surface area contributed by atoms with Gasteiger partial charge in [0.25, 0.3) is 0 Å². The van der Waals surface area contributed by atoms with Crippen LogP contribution in [-0.2, 0) is 0 Å². The third-order valence-electron chi connectivity index (χ3n) is 3.96. The van der Waals surface area contributed by atoms with Crippen LogP contribution in [0.15, 0.2) is 29.2 Å². The van der Waals surface area contributed by atoms with Gasteiger partial charge in [-0.25, -0.2) is 0 Å². The lowest BCUT2D eigenvalue weighted by Gasteiger charge is -2.31. The lowest BCUT2D eigenvalue weighted by atomic mass is 10.0. The average molecular weight is 264 g/mol. The third kappa shape index (κ3) is 2.90. The molecule has 1 aromatic carbocycles. The molecule has 0 aliphatic carbocycles. The molecule has 18 heavy (non-hydrogen) atoms. The number of nitrogens with zero attached hydrogens (tertiary/aromatic N) is 1. The van der Waals surface area contributed by atoms with Crippen LogP contribution in [0.25, 0.3) is 0 Å². The van der Waals surface area contributed by atoms with E-state index < -0.39 is 0 Å². The quantitative estimate of drug-likeness (QED) is 0.847. The Hall–Kier alpha value is -0.510. The summed E-state index contributed by atoms with van der Waals surface area (Å²) in [6.45, 7) is 6.53. The molecule has 0 amide bonds. The van der Waals surface area contributed by atoms with Crippen LogP contribution in [0.4, 0.5) is 0 Å². The molecule has 100 valence electrons. The first kappa shape index (κ1) is 13.9. The molecular weight excluding hydrogens is 240 g/mol. The normalized spacial score (nSPS) is 26.4. The summed E-state index contributed by atoms with van der Waals surface area (Å²) < 4.78 is 0. The van der Waals surface area contributed by atoms with Gasteiger partial charge in [0.05, 0.1) is 0 Å². The molecule has 0 bridgehead atoms. The maximum atomic E-state index is 6.02. The Bertz CT molecular complexity index is 377. The van der Waals surface area contributed by atoms with Crippen molar-refractivity contribution in [2.45, 2.75) is 37.2 Å². The van der Waals surface area contributed by atoms with E-state index >= 15 is 0 Å². The van der Waals surface area contributed by atoms with Crippen LogP contribution < -0.4 is 5.73 Å². The number of likely N-dealkylation sites (tertiary alicyclic amines) is 1. The summed E-state index contributed by atoms with van der Waals surface area (Å²) in [4.78, 5) is 3.89. The van der Waals surface area contributed by atoms with E-state index in [-0.39, 0.29) is 0 Å². The Morgan fingerprint density at radius 1 is 1.33 bits per heavy atom. The second-order valence-electron chi connectivity index (χ2n) is 5.41. The molecule has 3 heteroatoms. The molecule has 1 heterocycles. The van der Waals surface area contributed by atoms with Crippen LogP contribution in [0.1, 0.15) is 31.9 Å². The van der Waals surface area contributed by atoms with E-state index in [0.29, 0.717) is 18.6 Å². The van der Waals surface area contributed by atoms with Gasteiger partial charge in [-0.2, -0.15) is 0 Å². The summed E-state index contributed by atoms with van der Waals surface area (Å²) >= 11 is 1.79. The lowest BCUT2D eigenvalue weighted by molar-refractivity contribution is 0.192. The molecule has 1 saturated heterocycles. The molecule has 0 radical (unpaired) electrons. The second kappa shape index (κ2) is 6.09. The molecule has 1 aromatic rings. The summed E-state index contributed by atoms with van der Waals surface area (Å²) in [7, 11) is 0. The smallest absolute Gasteiger partial charge is 0.0473 e. The van der Waals surface area contributed by atoms with Crippen molar-refractivity contribution in [3.63, 3.8) is 0 Å². The molecule has 0 saturated carbocycles.